The normalized spacial score (nSPS) is 15.6. The lowest BCUT2D eigenvalue weighted by atomic mass is 10.1. The molecule has 2 N–H and O–H groups in total. The average Bonchev–Trinajstić information content (AvgIpc) is 3.35. The summed E-state index contributed by atoms with van der Waals surface area (Å²) in [5.74, 6) is -0.677. The molecule has 0 radical (unpaired) electrons. The van der Waals surface area contributed by atoms with Crippen LogP contribution in [0, 0.1) is 0 Å². The first kappa shape index (κ1) is 22.8. The molecule has 31 heavy (non-hydrogen) atoms. The second-order valence-corrected chi connectivity index (χ2v) is 7.21. The first-order valence-electron chi connectivity index (χ1n) is 10.3. The molecule has 1 aliphatic heterocycles. The van der Waals surface area contributed by atoms with Crippen molar-refractivity contribution in [2.75, 3.05) is 58.4 Å². The maximum atomic E-state index is 12.3. The molecule has 1 atom stereocenters. The highest BCUT2D eigenvalue weighted by Crippen LogP contribution is 2.24. The van der Waals surface area contributed by atoms with Gasteiger partial charge in [0.2, 0.25) is 0 Å². The lowest BCUT2D eigenvalue weighted by Gasteiger charge is -2.39. The van der Waals surface area contributed by atoms with Crippen LogP contribution < -0.4 is 15.5 Å². The average molecular weight is 431 g/mol. The summed E-state index contributed by atoms with van der Waals surface area (Å²) in [5.41, 5.74) is 1.20. The maximum absolute atomic E-state index is 12.3. The van der Waals surface area contributed by atoms with Crippen LogP contribution in [0.2, 0.25) is 0 Å². The predicted octanol–water partition coefficient (Wildman–Crippen LogP) is 0.994. The van der Waals surface area contributed by atoms with Gasteiger partial charge in [0.25, 0.3) is 0 Å². The van der Waals surface area contributed by atoms with Gasteiger partial charge >= 0.3 is 11.8 Å². The van der Waals surface area contributed by atoms with E-state index in [-0.39, 0.29) is 19.1 Å². The van der Waals surface area contributed by atoms with E-state index < -0.39 is 18.1 Å². The molecule has 0 aliphatic carbocycles. The molecule has 0 unspecified atom stereocenters. The highest BCUT2D eigenvalue weighted by molar-refractivity contribution is 6.35. The van der Waals surface area contributed by atoms with Gasteiger partial charge in [-0.3, -0.25) is 14.5 Å². The zero-order chi connectivity index (χ0) is 22.1. The third kappa shape index (κ3) is 6.30. The lowest BCUT2D eigenvalue weighted by molar-refractivity contribution is -0.141. The number of amides is 2. The van der Waals surface area contributed by atoms with E-state index in [2.05, 4.69) is 32.6 Å². The lowest BCUT2D eigenvalue weighted by Crippen LogP contribution is -2.51. The molecule has 9 heteroatoms. The minimum Gasteiger partial charge on any atom is -0.468 e. The number of rotatable bonds is 9. The largest absolute Gasteiger partial charge is 0.468 e. The van der Waals surface area contributed by atoms with Crippen LogP contribution in [0.4, 0.5) is 5.69 Å². The second-order valence-electron chi connectivity index (χ2n) is 7.21. The van der Waals surface area contributed by atoms with E-state index in [1.807, 2.05) is 30.3 Å². The third-order valence-electron chi connectivity index (χ3n) is 5.37. The predicted molar refractivity (Wildman–Crippen MR) is 116 cm³/mol. The highest BCUT2D eigenvalue weighted by Gasteiger charge is 2.28. The molecular weight excluding hydrogens is 400 g/mol. The van der Waals surface area contributed by atoms with Gasteiger partial charge in [-0.1, -0.05) is 18.2 Å². The summed E-state index contributed by atoms with van der Waals surface area (Å²) < 4.78 is 15.6. The van der Waals surface area contributed by atoms with Crippen LogP contribution in [0.3, 0.4) is 0 Å². The molecule has 1 aromatic carbocycles. The van der Waals surface area contributed by atoms with Crippen molar-refractivity contribution in [3.63, 3.8) is 0 Å². The summed E-state index contributed by atoms with van der Waals surface area (Å²) in [7, 11) is 2.93. The number of para-hydroxylation sites is 1. The Morgan fingerprint density at radius 2 is 1.58 bits per heavy atom. The van der Waals surface area contributed by atoms with E-state index in [4.69, 9.17) is 13.9 Å². The van der Waals surface area contributed by atoms with Gasteiger partial charge in [-0.15, -0.1) is 0 Å². The molecule has 1 aromatic heterocycles. The van der Waals surface area contributed by atoms with Crippen molar-refractivity contribution in [2.24, 2.45) is 0 Å². The van der Waals surface area contributed by atoms with E-state index in [1.165, 1.54) is 19.9 Å². The summed E-state index contributed by atoms with van der Waals surface area (Å²) in [4.78, 5) is 28.9. The fraction of sp³-hybridized carbons (Fsp3) is 0.455. The van der Waals surface area contributed by atoms with Gasteiger partial charge in [0.15, 0.2) is 6.29 Å². The molecule has 1 saturated heterocycles. The smallest absolute Gasteiger partial charge is 0.309 e. The number of nitrogens with one attached hydrogen (secondary N) is 2. The molecule has 9 nitrogen and oxygen atoms in total. The van der Waals surface area contributed by atoms with E-state index in [1.54, 1.807) is 6.26 Å². The van der Waals surface area contributed by atoms with Crippen LogP contribution in [0.1, 0.15) is 11.8 Å². The molecule has 1 fully saturated rings. The molecule has 2 aromatic rings. The summed E-state index contributed by atoms with van der Waals surface area (Å²) in [6, 6.07) is 13.9. The number of nitrogens with zero attached hydrogens (tertiary/aromatic N) is 2. The zero-order valence-electron chi connectivity index (χ0n) is 18.0. The zero-order valence-corrected chi connectivity index (χ0v) is 18.0. The number of methoxy groups -OCH3 is 2. The number of hydrogen-bond donors (Lipinski definition) is 2. The Kier molecular flexibility index (Phi) is 8.45. The van der Waals surface area contributed by atoms with Crippen LogP contribution in [0.25, 0.3) is 0 Å². The third-order valence-corrected chi connectivity index (χ3v) is 5.37. The number of piperazine rings is 1. The minimum atomic E-state index is -0.730. The van der Waals surface area contributed by atoms with Crippen molar-refractivity contribution in [3.05, 3.63) is 54.5 Å². The van der Waals surface area contributed by atoms with Gasteiger partial charge in [-0.05, 0) is 24.3 Å². The number of ether oxygens (including phenoxy) is 2. The fourth-order valence-corrected chi connectivity index (χ4v) is 3.61. The maximum Gasteiger partial charge on any atom is 0.309 e. The second kappa shape index (κ2) is 11.5. The molecule has 0 spiro atoms. The minimum absolute atomic E-state index is 0.0856. The number of carbonyl (C=O) groups excluding carboxylic acids is 2. The van der Waals surface area contributed by atoms with Crippen molar-refractivity contribution in [1.82, 2.24) is 15.5 Å². The molecule has 2 amide bonds. The number of carbonyl (C=O) groups is 2. The number of benzene rings is 1. The van der Waals surface area contributed by atoms with E-state index in [0.717, 1.165) is 31.9 Å². The topological polar surface area (TPSA) is 96.3 Å². The van der Waals surface area contributed by atoms with Crippen molar-refractivity contribution in [1.29, 1.82) is 0 Å². The van der Waals surface area contributed by atoms with E-state index in [9.17, 15) is 9.59 Å². The molecule has 2 heterocycles. The SMILES string of the molecule is COC(CNC(=O)C(=O)NC[C@H](c1ccco1)N1CCN(c2ccccc2)CC1)OC. The van der Waals surface area contributed by atoms with Gasteiger partial charge in [0, 0.05) is 52.6 Å². The van der Waals surface area contributed by atoms with Crippen molar-refractivity contribution in [2.45, 2.75) is 12.3 Å². The van der Waals surface area contributed by atoms with Crippen LogP contribution >= 0.6 is 0 Å². The van der Waals surface area contributed by atoms with Crippen LogP contribution in [-0.2, 0) is 19.1 Å². The Bertz CT molecular complexity index is 803. The van der Waals surface area contributed by atoms with Gasteiger partial charge in [0.1, 0.15) is 5.76 Å². The van der Waals surface area contributed by atoms with Gasteiger partial charge in [0.05, 0.1) is 18.8 Å². The molecule has 0 saturated carbocycles. The standard InChI is InChI=1S/C22H30N4O5/c1-29-20(30-2)16-24-22(28)21(27)23-15-18(19-9-6-14-31-19)26-12-10-25(11-13-26)17-7-4-3-5-8-17/h3-9,14,18,20H,10-13,15-16H2,1-2H3,(H,23,27)(H,24,28)/t18-/m1/s1. The van der Waals surface area contributed by atoms with Gasteiger partial charge < -0.3 is 29.4 Å². The van der Waals surface area contributed by atoms with Gasteiger partial charge in [-0.25, -0.2) is 0 Å². The number of furan rings is 1. The highest BCUT2D eigenvalue weighted by atomic mass is 16.7. The quantitative estimate of drug-likeness (QED) is 0.452. The summed E-state index contributed by atoms with van der Waals surface area (Å²) in [5, 5.41) is 5.22. The van der Waals surface area contributed by atoms with E-state index >= 15 is 0 Å². The molecular formula is C22H30N4O5. The van der Waals surface area contributed by atoms with Crippen molar-refractivity contribution < 1.29 is 23.5 Å². The summed E-state index contributed by atoms with van der Waals surface area (Å²) in [6.45, 7) is 3.71. The first-order chi connectivity index (χ1) is 15.1. The Labute approximate surface area is 182 Å². The molecule has 0 bridgehead atoms. The molecule has 168 valence electrons. The Morgan fingerprint density at radius 3 is 2.16 bits per heavy atom. The number of anilines is 1. The Hall–Kier alpha value is -2.88. The van der Waals surface area contributed by atoms with Crippen molar-refractivity contribution in [3.8, 4) is 0 Å². The monoisotopic (exact) mass is 430 g/mol. The van der Waals surface area contributed by atoms with Crippen LogP contribution in [0.5, 0.6) is 0 Å². The fourth-order valence-electron chi connectivity index (χ4n) is 3.61. The Balaban J connectivity index is 1.55. The Morgan fingerprint density at radius 1 is 0.935 bits per heavy atom. The summed E-state index contributed by atoms with van der Waals surface area (Å²) >= 11 is 0. The van der Waals surface area contributed by atoms with Gasteiger partial charge in [-0.2, -0.15) is 0 Å². The molecule has 3 rings (SSSR count). The summed E-state index contributed by atoms with van der Waals surface area (Å²) in [6.07, 6.45) is 1.01. The van der Waals surface area contributed by atoms with Crippen LogP contribution in [0.15, 0.2) is 53.1 Å². The number of hydrogen-bond acceptors (Lipinski definition) is 7. The van der Waals surface area contributed by atoms with Crippen LogP contribution in [-0.4, -0.2) is 76.5 Å². The van der Waals surface area contributed by atoms with E-state index in [0.29, 0.717) is 0 Å². The van der Waals surface area contributed by atoms with Crippen molar-refractivity contribution >= 4 is 17.5 Å². The molecule has 1 aliphatic rings. The first-order valence-corrected chi connectivity index (χ1v) is 10.3.